The first kappa shape index (κ1) is 21.5. The number of hydrogen-bond acceptors (Lipinski definition) is 6. The van der Waals surface area contributed by atoms with E-state index in [1.807, 2.05) is 16.3 Å². The van der Waals surface area contributed by atoms with E-state index in [0.717, 1.165) is 32.4 Å². The molecule has 0 unspecified atom stereocenters. The summed E-state index contributed by atoms with van der Waals surface area (Å²) in [6, 6.07) is 15.6. The van der Waals surface area contributed by atoms with Crippen molar-refractivity contribution in [3.05, 3.63) is 70.7 Å². The second kappa shape index (κ2) is 9.62. The van der Waals surface area contributed by atoms with Gasteiger partial charge in [0.15, 0.2) is 16.6 Å². The van der Waals surface area contributed by atoms with Crippen molar-refractivity contribution >= 4 is 28.3 Å². The number of nitrogens with zero attached hydrogens (tertiary/aromatic N) is 2. The zero-order valence-corrected chi connectivity index (χ0v) is 19.0. The fourth-order valence-corrected chi connectivity index (χ4v) is 4.96. The Bertz CT molecular complexity index is 1140. The van der Waals surface area contributed by atoms with Crippen LogP contribution in [0.25, 0.3) is 0 Å². The van der Waals surface area contributed by atoms with Crippen molar-refractivity contribution in [2.75, 3.05) is 25.2 Å². The molecule has 1 fully saturated rings. The maximum Gasteiger partial charge on any atom is 0.257 e. The third kappa shape index (κ3) is 5.17. The Balaban J connectivity index is 1.11. The molecule has 7 nitrogen and oxygen atoms in total. The molecule has 0 radical (unpaired) electrons. The van der Waals surface area contributed by atoms with Crippen LogP contribution in [-0.2, 0) is 17.6 Å². The van der Waals surface area contributed by atoms with Gasteiger partial charge in [0.2, 0.25) is 12.7 Å². The zero-order valence-electron chi connectivity index (χ0n) is 18.2. The van der Waals surface area contributed by atoms with Gasteiger partial charge in [0.1, 0.15) is 0 Å². The van der Waals surface area contributed by atoms with E-state index in [1.165, 1.54) is 16.9 Å². The van der Waals surface area contributed by atoms with E-state index in [2.05, 4.69) is 34.6 Å². The Morgan fingerprint density at radius 3 is 2.67 bits per heavy atom. The molecule has 8 heteroatoms. The average molecular weight is 464 g/mol. The number of likely N-dealkylation sites (tertiary alicyclic amines) is 1. The van der Waals surface area contributed by atoms with Crippen molar-refractivity contribution in [2.45, 2.75) is 25.7 Å². The van der Waals surface area contributed by atoms with Gasteiger partial charge in [0, 0.05) is 24.0 Å². The lowest BCUT2D eigenvalue weighted by Crippen LogP contribution is -2.39. The summed E-state index contributed by atoms with van der Waals surface area (Å²) in [4.78, 5) is 31.7. The van der Waals surface area contributed by atoms with E-state index in [-0.39, 0.29) is 25.0 Å². The first-order valence-electron chi connectivity index (χ1n) is 11.1. The Hall–Kier alpha value is -3.39. The number of benzene rings is 2. The molecule has 5 rings (SSSR count). The van der Waals surface area contributed by atoms with Gasteiger partial charge in [0.25, 0.3) is 5.91 Å². The second-order valence-corrected chi connectivity index (χ2v) is 9.21. The number of ether oxygens (including phenoxy) is 2. The third-order valence-electron chi connectivity index (χ3n) is 6.07. The zero-order chi connectivity index (χ0) is 22.6. The second-order valence-electron chi connectivity index (χ2n) is 8.36. The van der Waals surface area contributed by atoms with E-state index in [9.17, 15) is 9.59 Å². The molecule has 2 aliphatic rings. The number of hydrogen-bond donors (Lipinski definition) is 1. The first-order valence-corrected chi connectivity index (χ1v) is 12.0. The third-order valence-corrected chi connectivity index (χ3v) is 6.88. The smallest absolute Gasteiger partial charge is 0.257 e. The maximum atomic E-state index is 12.8. The molecule has 0 saturated carbocycles. The predicted molar refractivity (Wildman–Crippen MR) is 126 cm³/mol. The van der Waals surface area contributed by atoms with Crippen molar-refractivity contribution in [2.24, 2.45) is 5.92 Å². The standard InChI is InChI=1S/C25H25N3O4S/c29-23(28-10-8-18(9-11-28)12-17-4-2-1-3-5-17)14-20-15-33-25(26-20)27-24(30)19-6-7-21-22(13-19)32-16-31-21/h1-7,13,15,18H,8-12,14,16H2,(H,26,27,30). The Kier molecular flexibility index (Phi) is 6.26. The minimum atomic E-state index is -0.277. The molecular weight excluding hydrogens is 438 g/mol. The molecule has 2 amide bonds. The summed E-state index contributed by atoms with van der Waals surface area (Å²) in [5.74, 6) is 1.62. The molecule has 0 aliphatic carbocycles. The summed E-state index contributed by atoms with van der Waals surface area (Å²) < 4.78 is 10.6. The van der Waals surface area contributed by atoms with Crippen LogP contribution in [-0.4, -0.2) is 41.6 Å². The molecule has 170 valence electrons. The molecular formula is C25H25N3O4S. The van der Waals surface area contributed by atoms with Gasteiger partial charge in [-0.1, -0.05) is 30.3 Å². The molecule has 0 spiro atoms. The van der Waals surface area contributed by atoms with Crippen LogP contribution < -0.4 is 14.8 Å². The van der Waals surface area contributed by atoms with Gasteiger partial charge in [-0.2, -0.15) is 0 Å². The molecule has 1 N–H and O–H groups in total. The summed E-state index contributed by atoms with van der Waals surface area (Å²) in [5.41, 5.74) is 2.50. The van der Waals surface area contributed by atoms with Crippen LogP contribution in [0.1, 0.15) is 34.5 Å². The summed E-state index contributed by atoms with van der Waals surface area (Å²) in [6.07, 6.45) is 3.37. The Morgan fingerprint density at radius 1 is 1.06 bits per heavy atom. The molecule has 3 heterocycles. The summed E-state index contributed by atoms with van der Waals surface area (Å²) in [5, 5.41) is 5.10. The van der Waals surface area contributed by atoms with Crippen LogP contribution in [0.3, 0.4) is 0 Å². The van der Waals surface area contributed by atoms with E-state index < -0.39 is 0 Å². The fraction of sp³-hybridized carbons (Fsp3) is 0.320. The number of thiazole rings is 1. The highest BCUT2D eigenvalue weighted by molar-refractivity contribution is 7.14. The summed E-state index contributed by atoms with van der Waals surface area (Å²) in [7, 11) is 0. The molecule has 33 heavy (non-hydrogen) atoms. The van der Waals surface area contributed by atoms with Gasteiger partial charge < -0.3 is 14.4 Å². The van der Waals surface area contributed by atoms with Crippen molar-refractivity contribution in [3.8, 4) is 11.5 Å². The number of carbonyl (C=O) groups excluding carboxylic acids is 2. The largest absolute Gasteiger partial charge is 0.454 e. The normalized spacial score (nSPS) is 15.5. The molecule has 2 aliphatic heterocycles. The van der Waals surface area contributed by atoms with E-state index in [4.69, 9.17) is 9.47 Å². The lowest BCUT2D eigenvalue weighted by molar-refractivity contribution is -0.131. The van der Waals surface area contributed by atoms with Gasteiger partial charge in [-0.3, -0.25) is 14.9 Å². The molecule has 1 saturated heterocycles. The van der Waals surface area contributed by atoms with Crippen LogP contribution in [0, 0.1) is 5.92 Å². The Labute approximate surface area is 196 Å². The molecule has 0 atom stereocenters. The van der Waals surface area contributed by atoms with Gasteiger partial charge >= 0.3 is 0 Å². The van der Waals surface area contributed by atoms with Gasteiger partial charge in [-0.15, -0.1) is 11.3 Å². The van der Waals surface area contributed by atoms with Crippen molar-refractivity contribution in [3.63, 3.8) is 0 Å². The van der Waals surface area contributed by atoms with Crippen LogP contribution in [0.15, 0.2) is 53.9 Å². The van der Waals surface area contributed by atoms with Crippen molar-refractivity contribution < 1.29 is 19.1 Å². The lowest BCUT2D eigenvalue weighted by Gasteiger charge is -2.32. The van der Waals surface area contributed by atoms with Gasteiger partial charge in [0.05, 0.1) is 12.1 Å². The molecule has 1 aromatic heterocycles. The van der Waals surface area contributed by atoms with Gasteiger partial charge in [-0.25, -0.2) is 4.98 Å². The number of amides is 2. The van der Waals surface area contributed by atoms with Crippen LogP contribution >= 0.6 is 11.3 Å². The number of nitrogens with one attached hydrogen (secondary N) is 1. The number of piperidine rings is 1. The monoisotopic (exact) mass is 463 g/mol. The van der Waals surface area contributed by atoms with Crippen molar-refractivity contribution in [1.82, 2.24) is 9.88 Å². The summed E-state index contributed by atoms with van der Waals surface area (Å²) >= 11 is 1.32. The predicted octanol–water partition coefficient (Wildman–Crippen LogP) is 4.15. The first-order chi connectivity index (χ1) is 16.1. The quantitative estimate of drug-likeness (QED) is 0.594. The topological polar surface area (TPSA) is 80.8 Å². The van der Waals surface area contributed by atoms with Crippen LogP contribution in [0.2, 0.25) is 0 Å². The average Bonchev–Trinajstić information content (AvgIpc) is 3.49. The number of aromatic nitrogens is 1. The Morgan fingerprint density at radius 2 is 1.85 bits per heavy atom. The molecule has 0 bridgehead atoms. The molecule has 3 aromatic rings. The fourth-order valence-electron chi connectivity index (χ4n) is 4.25. The SMILES string of the molecule is O=C(Nc1nc(CC(=O)N2CCC(Cc3ccccc3)CC2)cs1)c1ccc2c(c1)OCO2. The minimum Gasteiger partial charge on any atom is -0.454 e. The van der Waals surface area contributed by atoms with Crippen LogP contribution in [0.5, 0.6) is 11.5 Å². The maximum absolute atomic E-state index is 12.8. The van der Waals surface area contributed by atoms with Crippen molar-refractivity contribution in [1.29, 1.82) is 0 Å². The van der Waals surface area contributed by atoms with E-state index in [1.54, 1.807) is 18.2 Å². The minimum absolute atomic E-state index is 0.0899. The summed E-state index contributed by atoms with van der Waals surface area (Å²) in [6.45, 7) is 1.73. The number of rotatable bonds is 6. The molecule has 2 aromatic carbocycles. The van der Waals surface area contributed by atoms with Gasteiger partial charge in [-0.05, 0) is 48.9 Å². The highest BCUT2D eigenvalue weighted by atomic mass is 32.1. The number of carbonyl (C=O) groups is 2. The van der Waals surface area contributed by atoms with E-state index in [0.29, 0.717) is 33.8 Å². The van der Waals surface area contributed by atoms with Crippen LogP contribution in [0.4, 0.5) is 5.13 Å². The lowest BCUT2D eigenvalue weighted by atomic mass is 9.90. The number of fused-ring (bicyclic) bond motifs is 1. The van der Waals surface area contributed by atoms with E-state index >= 15 is 0 Å². The number of anilines is 1. The highest BCUT2D eigenvalue weighted by Crippen LogP contribution is 2.32. The highest BCUT2D eigenvalue weighted by Gasteiger charge is 2.24.